The summed E-state index contributed by atoms with van der Waals surface area (Å²) < 4.78 is 0. The summed E-state index contributed by atoms with van der Waals surface area (Å²) in [7, 11) is 0. The van der Waals surface area contributed by atoms with Gasteiger partial charge in [-0.1, -0.05) is 25.7 Å². The highest BCUT2D eigenvalue weighted by Crippen LogP contribution is 2.40. The fourth-order valence-electron chi connectivity index (χ4n) is 2.85. The minimum Gasteiger partial charge on any atom is -0.393 e. The summed E-state index contributed by atoms with van der Waals surface area (Å²) >= 11 is 0. The van der Waals surface area contributed by atoms with Crippen molar-refractivity contribution < 1.29 is 5.11 Å². The quantitative estimate of drug-likeness (QED) is 0.568. The first-order chi connectivity index (χ1) is 5.36. The van der Waals surface area contributed by atoms with E-state index in [4.69, 9.17) is 0 Å². The maximum absolute atomic E-state index is 9.45. The van der Waals surface area contributed by atoms with Gasteiger partial charge in [-0.2, -0.15) is 0 Å². The molecular formula is C10H18O. The van der Waals surface area contributed by atoms with Crippen molar-refractivity contribution in [2.75, 3.05) is 0 Å². The van der Waals surface area contributed by atoms with Gasteiger partial charge in [0.25, 0.3) is 0 Å². The summed E-state index contributed by atoms with van der Waals surface area (Å²) in [5.74, 6) is 1.86. The first-order valence-corrected chi connectivity index (χ1v) is 5.04. The molecule has 1 N–H and O–H groups in total. The molecule has 2 rings (SSSR count). The Morgan fingerprint density at radius 3 is 2.36 bits per heavy atom. The van der Waals surface area contributed by atoms with E-state index in [2.05, 4.69) is 0 Å². The van der Waals surface area contributed by atoms with E-state index in [0.29, 0.717) is 0 Å². The zero-order chi connectivity index (χ0) is 7.68. The van der Waals surface area contributed by atoms with Gasteiger partial charge < -0.3 is 5.11 Å². The Kier molecular flexibility index (Phi) is 2.17. The van der Waals surface area contributed by atoms with E-state index in [1.165, 1.54) is 32.1 Å². The van der Waals surface area contributed by atoms with Gasteiger partial charge in [0.2, 0.25) is 0 Å². The highest BCUT2D eigenvalue weighted by atomic mass is 16.3. The lowest BCUT2D eigenvalue weighted by Gasteiger charge is -2.37. The van der Waals surface area contributed by atoms with Crippen LogP contribution in [0.2, 0.25) is 0 Å². The van der Waals surface area contributed by atoms with Crippen molar-refractivity contribution in [3.8, 4) is 0 Å². The average Bonchev–Trinajstić information content (AvgIpc) is 2.04. The molecule has 0 amide bonds. The van der Waals surface area contributed by atoms with Crippen LogP contribution >= 0.6 is 0 Å². The summed E-state index contributed by atoms with van der Waals surface area (Å²) in [5, 5.41) is 9.45. The fraction of sp³-hybridized carbons (Fsp3) is 1.00. The van der Waals surface area contributed by atoms with Crippen LogP contribution in [-0.2, 0) is 0 Å². The van der Waals surface area contributed by atoms with Gasteiger partial charge in [-0.15, -0.1) is 0 Å². The molecule has 1 nitrogen and oxygen atoms in total. The number of fused-ring (bicyclic) bond motifs is 1. The zero-order valence-corrected chi connectivity index (χ0v) is 7.13. The maximum atomic E-state index is 9.45. The van der Waals surface area contributed by atoms with Gasteiger partial charge in [0.05, 0.1) is 6.10 Å². The van der Waals surface area contributed by atoms with Gasteiger partial charge in [0, 0.05) is 0 Å². The Morgan fingerprint density at radius 1 is 0.818 bits per heavy atom. The molecular weight excluding hydrogens is 136 g/mol. The van der Waals surface area contributed by atoms with Gasteiger partial charge in [0.15, 0.2) is 0 Å². The molecule has 0 saturated heterocycles. The van der Waals surface area contributed by atoms with Gasteiger partial charge in [-0.05, 0) is 31.1 Å². The van der Waals surface area contributed by atoms with Crippen molar-refractivity contribution in [2.24, 2.45) is 11.8 Å². The van der Waals surface area contributed by atoms with E-state index in [9.17, 15) is 5.11 Å². The maximum Gasteiger partial charge on any atom is 0.0543 e. The number of hydrogen-bond donors (Lipinski definition) is 1. The van der Waals surface area contributed by atoms with Crippen LogP contribution in [0.3, 0.4) is 0 Å². The Bertz CT molecular complexity index is 133. The Hall–Kier alpha value is -0.0400. The first kappa shape index (κ1) is 7.60. The van der Waals surface area contributed by atoms with Crippen molar-refractivity contribution >= 4 is 0 Å². The number of aliphatic hydroxyl groups excluding tert-OH is 1. The van der Waals surface area contributed by atoms with Crippen LogP contribution in [0, 0.1) is 11.8 Å². The van der Waals surface area contributed by atoms with Crippen molar-refractivity contribution in [1.29, 1.82) is 0 Å². The Morgan fingerprint density at radius 2 is 1.55 bits per heavy atom. The molecule has 0 aromatic carbocycles. The topological polar surface area (TPSA) is 20.2 Å². The van der Waals surface area contributed by atoms with Crippen molar-refractivity contribution in [3.63, 3.8) is 0 Å². The van der Waals surface area contributed by atoms with Crippen molar-refractivity contribution in [1.82, 2.24) is 0 Å². The summed E-state index contributed by atoms with van der Waals surface area (Å²) in [6.07, 6.45) is 9.19. The number of aliphatic hydroxyl groups is 1. The van der Waals surface area contributed by atoms with Gasteiger partial charge in [0.1, 0.15) is 0 Å². The summed E-state index contributed by atoms with van der Waals surface area (Å²) in [6.45, 7) is 0. The van der Waals surface area contributed by atoms with Gasteiger partial charge >= 0.3 is 0 Å². The summed E-state index contributed by atoms with van der Waals surface area (Å²) in [6, 6.07) is 0. The van der Waals surface area contributed by atoms with Gasteiger partial charge in [-0.25, -0.2) is 0 Å². The second-order valence-corrected chi connectivity index (χ2v) is 4.27. The third kappa shape index (κ3) is 1.58. The molecule has 2 saturated carbocycles. The highest BCUT2D eigenvalue weighted by Gasteiger charge is 2.30. The lowest BCUT2D eigenvalue weighted by atomic mass is 9.70. The van der Waals surface area contributed by atoms with E-state index in [0.717, 1.165) is 24.7 Å². The van der Waals surface area contributed by atoms with Crippen molar-refractivity contribution in [2.45, 2.75) is 51.0 Å². The largest absolute Gasteiger partial charge is 0.393 e. The molecule has 1 heteroatoms. The molecule has 3 atom stereocenters. The van der Waals surface area contributed by atoms with Crippen LogP contribution in [0.25, 0.3) is 0 Å². The molecule has 2 fully saturated rings. The smallest absolute Gasteiger partial charge is 0.0543 e. The minimum absolute atomic E-state index is 0.0364. The van der Waals surface area contributed by atoms with E-state index < -0.39 is 0 Å². The van der Waals surface area contributed by atoms with Crippen LogP contribution in [0.15, 0.2) is 0 Å². The van der Waals surface area contributed by atoms with E-state index >= 15 is 0 Å². The SMILES string of the molecule is OC1CC[C@@H]2CCCC[C@H]2C1. The van der Waals surface area contributed by atoms with Crippen LogP contribution in [0.1, 0.15) is 44.9 Å². The molecule has 0 bridgehead atoms. The minimum atomic E-state index is 0.0364. The number of rotatable bonds is 0. The predicted octanol–water partition coefficient (Wildman–Crippen LogP) is 2.34. The molecule has 0 spiro atoms. The number of hydrogen-bond acceptors (Lipinski definition) is 1. The van der Waals surface area contributed by atoms with Crippen LogP contribution in [0.5, 0.6) is 0 Å². The lowest BCUT2D eigenvalue weighted by Crippen LogP contribution is -2.29. The summed E-state index contributed by atoms with van der Waals surface area (Å²) in [5.41, 5.74) is 0. The van der Waals surface area contributed by atoms with Gasteiger partial charge in [-0.3, -0.25) is 0 Å². The van der Waals surface area contributed by atoms with Crippen LogP contribution in [0.4, 0.5) is 0 Å². The second kappa shape index (κ2) is 3.14. The first-order valence-electron chi connectivity index (χ1n) is 5.04. The molecule has 0 heterocycles. The molecule has 2 aliphatic carbocycles. The zero-order valence-electron chi connectivity index (χ0n) is 7.13. The molecule has 0 aromatic heterocycles. The molecule has 1 unspecified atom stereocenters. The van der Waals surface area contributed by atoms with E-state index in [1.807, 2.05) is 0 Å². The Balaban J connectivity index is 1.93. The fourth-order valence-corrected chi connectivity index (χ4v) is 2.85. The van der Waals surface area contributed by atoms with Crippen molar-refractivity contribution in [3.05, 3.63) is 0 Å². The summed E-state index contributed by atoms with van der Waals surface area (Å²) in [4.78, 5) is 0. The molecule has 2 aliphatic rings. The second-order valence-electron chi connectivity index (χ2n) is 4.27. The molecule has 0 aromatic rings. The van der Waals surface area contributed by atoms with E-state index in [1.54, 1.807) is 0 Å². The molecule has 64 valence electrons. The predicted molar refractivity (Wildman–Crippen MR) is 45.3 cm³/mol. The average molecular weight is 154 g/mol. The third-order valence-corrected chi connectivity index (χ3v) is 3.51. The third-order valence-electron chi connectivity index (χ3n) is 3.51. The monoisotopic (exact) mass is 154 g/mol. The standard InChI is InChI=1S/C10H18O/c11-10-6-5-8-3-1-2-4-9(8)7-10/h8-11H,1-7H2/t8-,9-,10?/m0/s1. The van der Waals surface area contributed by atoms with E-state index in [-0.39, 0.29) is 6.10 Å². The normalized spacial score (nSPS) is 45.0. The Labute approximate surface area is 68.8 Å². The highest BCUT2D eigenvalue weighted by molar-refractivity contribution is 4.82. The molecule has 0 radical (unpaired) electrons. The molecule has 0 aliphatic heterocycles. The van der Waals surface area contributed by atoms with Crippen LogP contribution < -0.4 is 0 Å². The molecule has 11 heavy (non-hydrogen) atoms. The lowest BCUT2D eigenvalue weighted by molar-refractivity contribution is 0.0491. The van der Waals surface area contributed by atoms with Crippen LogP contribution in [-0.4, -0.2) is 11.2 Å².